The highest BCUT2D eigenvalue weighted by molar-refractivity contribution is 5.85. The number of rotatable bonds is 6. The molecule has 0 bridgehead atoms. The molecule has 1 aliphatic rings. The number of aliphatic hydroxyl groups is 1. The predicted molar refractivity (Wildman–Crippen MR) is 68.9 cm³/mol. The van der Waals surface area contributed by atoms with Gasteiger partial charge >= 0.3 is 0 Å². The van der Waals surface area contributed by atoms with Crippen molar-refractivity contribution in [2.45, 2.75) is 44.1 Å². The number of carbonyl (C=O) groups excluding carboxylic acids is 2. The summed E-state index contributed by atoms with van der Waals surface area (Å²) in [5.41, 5.74) is -0.875. The number of amides is 2. The third-order valence-corrected chi connectivity index (χ3v) is 3.16. The summed E-state index contributed by atoms with van der Waals surface area (Å²) in [7, 11) is 0. The highest BCUT2D eigenvalue weighted by Gasteiger charge is 2.31. The highest BCUT2D eigenvalue weighted by Crippen LogP contribution is 2.30. The van der Waals surface area contributed by atoms with Crippen LogP contribution in [0.1, 0.15) is 38.5 Å². The van der Waals surface area contributed by atoms with E-state index in [1.54, 1.807) is 6.08 Å². The maximum absolute atomic E-state index is 11.6. The maximum Gasteiger partial charge on any atom is 0.239 e. The normalized spacial score (nSPS) is 17.8. The summed E-state index contributed by atoms with van der Waals surface area (Å²) in [5, 5.41) is 15.3. The van der Waals surface area contributed by atoms with Crippen LogP contribution >= 0.6 is 0 Å². The Hall–Kier alpha value is -1.36. The smallest absolute Gasteiger partial charge is 0.239 e. The summed E-state index contributed by atoms with van der Waals surface area (Å²) < 4.78 is 0. The molecular formula is C13H22N2O3. The molecule has 0 saturated heterocycles. The van der Waals surface area contributed by atoms with Gasteiger partial charge in [0.15, 0.2) is 0 Å². The second-order valence-corrected chi connectivity index (χ2v) is 4.83. The topological polar surface area (TPSA) is 78.4 Å². The minimum absolute atomic E-state index is 0.0528. The van der Waals surface area contributed by atoms with Crippen LogP contribution < -0.4 is 10.6 Å². The van der Waals surface area contributed by atoms with Crippen molar-refractivity contribution >= 4 is 11.8 Å². The Morgan fingerprint density at radius 3 is 2.44 bits per heavy atom. The third-order valence-electron chi connectivity index (χ3n) is 3.16. The lowest BCUT2D eigenvalue weighted by Gasteiger charge is -2.31. The molecular weight excluding hydrogens is 232 g/mol. The zero-order valence-electron chi connectivity index (χ0n) is 10.7. The number of nitrogens with one attached hydrogen (secondary N) is 2. The monoisotopic (exact) mass is 254 g/mol. The summed E-state index contributed by atoms with van der Waals surface area (Å²) in [6.45, 7) is 3.81. The van der Waals surface area contributed by atoms with Crippen LogP contribution in [0, 0.1) is 0 Å². The molecule has 0 aromatic rings. The molecule has 0 aliphatic heterocycles. The fourth-order valence-corrected chi connectivity index (χ4v) is 2.18. The second kappa shape index (κ2) is 7.16. The summed E-state index contributed by atoms with van der Waals surface area (Å²) in [4.78, 5) is 22.9. The summed E-state index contributed by atoms with van der Waals surface area (Å²) >= 11 is 0. The van der Waals surface area contributed by atoms with Crippen LogP contribution in [0.5, 0.6) is 0 Å². The van der Waals surface area contributed by atoms with E-state index in [4.69, 9.17) is 0 Å². The molecule has 1 fully saturated rings. The van der Waals surface area contributed by atoms with Gasteiger partial charge in [-0.15, -0.1) is 6.58 Å². The molecule has 1 saturated carbocycles. The van der Waals surface area contributed by atoms with Gasteiger partial charge in [-0.05, 0) is 12.8 Å². The molecule has 2 amide bonds. The van der Waals surface area contributed by atoms with E-state index in [-0.39, 0.29) is 24.8 Å². The molecule has 0 aromatic carbocycles. The van der Waals surface area contributed by atoms with E-state index in [2.05, 4.69) is 17.2 Å². The standard InChI is InChI=1S/C13H22N2O3/c1-2-8-14-12(17)10-15-11(16)9-13(18)6-4-3-5-7-13/h2,18H,1,3-10H2,(H,14,17)(H,15,16). The molecule has 3 N–H and O–H groups in total. The van der Waals surface area contributed by atoms with Crippen LogP contribution in [0.4, 0.5) is 0 Å². The zero-order chi connectivity index (χ0) is 13.4. The Balaban J connectivity index is 2.24. The van der Waals surface area contributed by atoms with Crippen molar-refractivity contribution in [3.8, 4) is 0 Å². The number of hydrogen-bond donors (Lipinski definition) is 3. The molecule has 18 heavy (non-hydrogen) atoms. The highest BCUT2D eigenvalue weighted by atomic mass is 16.3. The van der Waals surface area contributed by atoms with E-state index < -0.39 is 5.60 Å². The number of carbonyl (C=O) groups is 2. The molecule has 0 aromatic heterocycles. The van der Waals surface area contributed by atoms with Gasteiger partial charge < -0.3 is 15.7 Å². The molecule has 0 radical (unpaired) electrons. The Morgan fingerprint density at radius 2 is 1.83 bits per heavy atom. The van der Waals surface area contributed by atoms with E-state index in [1.165, 1.54) is 0 Å². The number of hydrogen-bond acceptors (Lipinski definition) is 3. The van der Waals surface area contributed by atoms with Gasteiger partial charge in [-0.25, -0.2) is 0 Å². The van der Waals surface area contributed by atoms with Gasteiger partial charge in [0.25, 0.3) is 0 Å². The molecule has 5 nitrogen and oxygen atoms in total. The Bertz CT molecular complexity index is 309. The quantitative estimate of drug-likeness (QED) is 0.604. The lowest BCUT2D eigenvalue weighted by atomic mass is 9.82. The average molecular weight is 254 g/mol. The van der Waals surface area contributed by atoms with Crippen molar-refractivity contribution in [1.29, 1.82) is 0 Å². The first-order valence-electron chi connectivity index (χ1n) is 6.42. The fourth-order valence-electron chi connectivity index (χ4n) is 2.18. The van der Waals surface area contributed by atoms with E-state index in [0.29, 0.717) is 19.4 Å². The van der Waals surface area contributed by atoms with Gasteiger partial charge in [0.1, 0.15) is 0 Å². The predicted octanol–water partition coefficient (Wildman–Crippen LogP) is 0.490. The minimum Gasteiger partial charge on any atom is -0.389 e. The molecule has 102 valence electrons. The molecule has 1 rings (SSSR count). The van der Waals surface area contributed by atoms with Crippen LogP contribution in [0.2, 0.25) is 0 Å². The Morgan fingerprint density at radius 1 is 1.17 bits per heavy atom. The van der Waals surface area contributed by atoms with E-state index in [9.17, 15) is 14.7 Å². The molecule has 0 spiro atoms. The molecule has 0 unspecified atom stereocenters. The van der Waals surface area contributed by atoms with Crippen molar-refractivity contribution in [3.63, 3.8) is 0 Å². The summed E-state index contributed by atoms with van der Waals surface area (Å²) in [5.74, 6) is -0.521. The fraction of sp³-hybridized carbons (Fsp3) is 0.692. The maximum atomic E-state index is 11.6. The molecule has 1 aliphatic carbocycles. The third kappa shape index (κ3) is 5.31. The zero-order valence-corrected chi connectivity index (χ0v) is 10.7. The summed E-state index contributed by atoms with van der Waals surface area (Å²) in [6, 6.07) is 0. The van der Waals surface area contributed by atoms with Crippen LogP contribution in [-0.2, 0) is 9.59 Å². The first-order chi connectivity index (χ1) is 8.56. The van der Waals surface area contributed by atoms with Gasteiger partial charge in [-0.2, -0.15) is 0 Å². The van der Waals surface area contributed by atoms with Gasteiger partial charge in [-0.3, -0.25) is 9.59 Å². The van der Waals surface area contributed by atoms with E-state index in [0.717, 1.165) is 19.3 Å². The van der Waals surface area contributed by atoms with Crippen molar-refractivity contribution in [2.24, 2.45) is 0 Å². The van der Waals surface area contributed by atoms with Crippen molar-refractivity contribution in [1.82, 2.24) is 10.6 Å². The van der Waals surface area contributed by atoms with Crippen LogP contribution in [0.25, 0.3) is 0 Å². The Kier molecular flexibility index (Phi) is 5.85. The van der Waals surface area contributed by atoms with Gasteiger partial charge in [0.05, 0.1) is 18.6 Å². The second-order valence-electron chi connectivity index (χ2n) is 4.83. The van der Waals surface area contributed by atoms with Gasteiger partial charge in [0.2, 0.25) is 11.8 Å². The van der Waals surface area contributed by atoms with Crippen molar-refractivity contribution < 1.29 is 14.7 Å². The first-order valence-corrected chi connectivity index (χ1v) is 6.42. The first kappa shape index (κ1) is 14.7. The SMILES string of the molecule is C=CCNC(=O)CNC(=O)CC1(O)CCCCC1. The van der Waals surface area contributed by atoms with Crippen LogP contribution in [-0.4, -0.2) is 35.6 Å². The van der Waals surface area contributed by atoms with Gasteiger partial charge in [-0.1, -0.05) is 25.3 Å². The molecule has 5 heteroatoms. The molecule has 0 heterocycles. The van der Waals surface area contributed by atoms with Crippen molar-refractivity contribution in [2.75, 3.05) is 13.1 Å². The van der Waals surface area contributed by atoms with E-state index >= 15 is 0 Å². The van der Waals surface area contributed by atoms with Crippen LogP contribution in [0.3, 0.4) is 0 Å². The van der Waals surface area contributed by atoms with E-state index in [1.807, 2.05) is 0 Å². The summed E-state index contributed by atoms with van der Waals surface area (Å²) in [6.07, 6.45) is 6.04. The average Bonchev–Trinajstić information content (AvgIpc) is 2.34. The lowest BCUT2D eigenvalue weighted by Crippen LogP contribution is -2.42. The molecule has 0 atom stereocenters. The minimum atomic E-state index is -0.875. The van der Waals surface area contributed by atoms with Crippen LogP contribution in [0.15, 0.2) is 12.7 Å². The van der Waals surface area contributed by atoms with Crippen molar-refractivity contribution in [3.05, 3.63) is 12.7 Å². The van der Waals surface area contributed by atoms with Gasteiger partial charge in [0, 0.05) is 6.54 Å². The Labute approximate surface area is 108 Å². The lowest BCUT2D eigenvalue weighted by molar-refractivity contribution is -0.130. The largest absolute Gasteiger partial charge is 0.389 e.